The van der Waals surface area contributed by atoms with Gasteiger partial charge in [0.05, 0.1) is 12.3 Å². The molecule has 0 amide bonds. The molecule has 1 heterocycles. The molecule has 0 saturated heterocycles. The zero-order chi connectivity index (χ0) is 12.8. The monoisotopic (exact) mass is 309 g/mol. The molecule has 5 heteroatoms. The zero-order valence-corrected chi connectivity index (χ0v) is 11.9. The summed E-state index contributed by atoms with van der Waals surface area (Å²) in [4.78, 5) is 0. The summed E-state index contributed by atoms with van der Waals surface area (Å²) in [6.07, 6.45) is 3.70. The molecule has 0 unspecified atom stereocenters. The molecule has 4 nitrogen and oxygen atoms in total. The minimum absolute atomic E-state index is 0.729. The maximum absolute atomic E-state index is 4.99. The van der Waals surface area contributed by atoms with Gasteiger partial charge in [-0.3, -0.25) is 0 Å². The fourth-order valence-electron chi connectivity index (χ4n) is 1.66. The number of hydrogen-bond acceptors (Lipinski definition) is 3. The summed E-state index contributed by atoms with van der Waals surface area (Å²) < 4.78 is 7.87. The number of nitrogens with one attached hydrogen (secondary N) is 1. The summed E-state index contributed by atoms with van der Waals surface area (Å²) in [6.45, 7) is 2.42. The van der Waals surface area contributed by atoms with Gasteiger partial charge in [0.2, 0.25) is 0 Å². The Morgan fingerprint density at radius 1 is 1.44 bits per heavy atom. The highest BCUT2D eigenvalue weighted by atomic mass is 79.9. The van der Waals surface area contributed by atoms with Crippen molar-refractivity contribution < 1.29 is 4.74 Å². The predicted octanol–water partition coefficient (Wildman–Crippen LogP) is 2.37. The zero-order valence-electron chi connectivity index (χ0n) is 10.3. The van der Waals surface area contributed by atoms with Crippen LogP contribution in [0.4, 0.5) is 0 Å². The lowest BCUT2D eigenvalue weighted by Gasteiger charge is -2.08. The Labute approximate surface area is 115 Å². The van der Waals surface area contributed by atoms with Gasteiger partial charge in [0.1, 0.15) is 0 Å². The lowest BCUT2D eigenvalue weighted by atomic mass is 10.2. The largest absolute Gasteiger partial charge is 0.383 e. The first kappa shape index (κ1) is 13.3. The molecule has 0 fully saturated rings. The third-order valence-electron chi connectivity index (χ3n) is 2.58. The molecule has 0 aliphatic rings. The van der Waals surface area contributed by atoms with E-state index in [1.165, 1.54) is 5.56 Å². The fourth-order valence-corrected chi connectivity index (χ4v) is 2.27. The van der Waals surface area contributed by atoms with Gasteiger partial charge in [-0.05, 0) is 39.7 Å². The van der Waals surface area contributed by atoms with Crippen LogP contribution in [0.3, 0.4) is 0 Å². The third kappa shape index (κ3) is 3.41. The maximum Gasteiger partial charge on any atom is 0.0787 e. The molecule has 1 aromatic heterocycles. The standard InChI is InChI=1S/C13H16BrN3O/c1-18-8-6-15-10-11-3-4-13(12(14)9-11)17-7-2-5-16-17/h2-5,7,9,15H,6,8,10H2,1H3. The average molecular weight is 310 g/mol. The lowest BCUT2D eigenvalue weighted by Crippen LogP contribution is -2.18. The molecule has 0 atom stereocenters. The highest BCUT2D eigenvalue weighted by Crippen LogP contribution is 2.21. The number of benzene rings is 1. The van der Waals surface area contributed by atoms with Crippen molar-refractivity contribution in [3.63, 3.8) is 0 Å². The van der Waals surface area contributed by atoms with E-state index in [-0.39, 0.29) is 0 Å². The number of rotatable bonds is 6. The summed E-state index contributed by atoms with van der Waals surface area (Å²) in [6, 6.07) is 8.18. The Bertz CT molecular complexity index is 485. The molecular weight excluding hydrogens is 294 g/mol. The second-order valence-corrected chi connectivity index (χ2v) is 4.76. The quantitative estimate of drug-likeness (QED) is 0.833. The summed E-state index contributed by atoms with van der Waals surface area (Å²) in [7, 11) is 1.71. The second-order valence-electron chi connectivity index (χ2n) is 3.91. The van der Waals surface area contributed by atoms with Gasteiger partial charge in [-0.25, -0.2) is 4.68 Å². The first-order valence-corrected chi connectivity index (χ1v) is 6.58. The number of methoxy groups -OCH3 is 1. The van der Waals surface area contributed by atoms with Crippen LogP contribution in [-0.4, -0.2) is 30.0 Å². The van der Waals surface area contributed by atoms with Gasteiger partial charge in [0.25, 0.3) is 0 Å². The third-order valence-corrected chi connectivity index (χ3v) is 3.21. The minimum atomic E-state index is 0.729. The number of nitrogens with zero attached hydrogens (tertiary/aromatic N) is 2. The van der Waals surface area contributed by atoms with Crippen LogP contribution >= 0.6 is 15.9 Å². The van der Waals surface area contributed by atoms with Crippen LogP contribution in [0, 0.1) is 0 Å². The normalized spacial score (nSPS) is 10.8. The number of halogens is 1. The molecule has 0 aliphatic heterocycles. The lowest BCUT2D eigenvalue weighted by molar-refractivity contribution is 0.199. The number of hydrogen-bond donors (Lipinski definition) is 1. The Hall–Kier alpha value is -1.17. The van der Waals surface area contributed by atoms with Crippen molar-refractivity contribution in [1.82, 2.24) is 15.1 Å². The SMILES string of the molecule is COCCNCc1ccc(-n2cccn2)c(Br)c1. The van der Waals surface area contributed by atoms with E-state index < -0.39 is 0 Å². The van der Waals surface area contributed by atoms with Crippen LogP contribution in [-0.2, 0) is 11.3 Å². The molecule has 1 N–H and O–H groups in total. The average Bonchev–Trinajstić information content (AvgIpc) is 2.88. The number of aromatic nitrogens is 2. The van der Waals surface area contributed by atoms with Crippen LogP contribution in [0.25, 0.3) is 5.69 Å². The van der Waals surface area contributed by atoms with Crippen molar-refractivity contribution in [3.05, 3.63) is 46.7 Å². The van der Waals surface area contributed by atoms with E-state index in [1.807, 2.05) is 16.9 Å². The Morgan fingerprint density at radius 3 is 3.00 bits per heavy atom. The topological polar surface area (TPSA) is 39.1 Å². The van der Waals surface area contributed by atoms with Crippen molar-refractivity contribution >= 4 is 15.9 Å². The fraction of sp³-hybridized carbons (Fsp3) is 0.308. The van der Waals surface area contributed by atoms with E-state index in [0.29, 0.717) is 0 Å². The molecule has 0 spiro atoms. The van der Waals surface area contributed by atoms with Gasteiger partial charge in [0, 0.05) is 37.1 Å². The summed E-state index contributed by atoms with van der Waals surface area (Å²) >= 11 is 3.58. The molecule has 96 valence electrons. The van der Waals surface area contributed by atoms with E-state index in [0.717, 1.165) is 29.9 Å². The molecule has 0 aliphatic carbocycles. The highest BCUT2D eigenvalue weighted by molar-refractivity contribution is 9.10. The van der Waals surface area contributed by atoms with Gasteiger partial charge < -0.3 is 10.1 Å². The minimum Gasteiger partial charge on any atom is -0.383 e. The van der Waals surface area contributed by atoms with E-state index in [2.05, 4.69) is 44.5 Å². The highest BCUT2D eigenvalue weighted by Gasteiger charge is 2.03. The van der Waals surface area contributed by atoms with E-state index in [1.54, 1.807) is 13.3 Å². The first-order chi connectivity index (χ1) is 8.81. The van der Waals surface area contributed by atoms with Crippen LogP contribution in [0.15, 0.2) is 41.1 Å². The van der Waals surface area contributed by atoms with E-state index in [4.69, 9.17) is 4.74 Å². The Balaban J connectivity index is 2.01. The van der Waals surface area contributed by atoms with Crippen LogP contribution < -0.4 is 5.32 Å². The van der Waals surface area contributed by atoms with Crippen molar-refractivity contribution in [3.8, 4) is 5.69 Å². The van der Waals surface area contributed by atoms with Gasteiger partial charge in [0.15, 0.2) is 0 Å². The molecule has 0 saturated carbocycles. The maximum atomic E-state index is 4.99. The summed E-state index contributed by atoms with van der Waals surface area (Å²) in [5, 5.41) is 7.53. The van der Waals surface area contributed by atoms with Crippen molar-refractivity contribution in [1.29, 1.82) is 0 Å². The van der Waals surface area contributed by atoms with E-state index in [9.17, 15) is 0 Å². The van der Waals surface area contributed by atoms with Crippen LogP contribution in [0.1, 0.15) is 5.56 Å². The van der Waals surface area contributed by atoms with Gasteiger partial charge in [-0.2, -0.15) is 5.10 Å². The van der Waals surface area contributed by atoms with Crippen molar-refractivity contribution in [2.45, 2.75) is 6.54 Å². The van der Waals surface area contributed by atoms with Gasteiger partial charge >= 0.3 is 0 Å². The van der Waals surface area contributed by atoms with Gasteiger partial charge in [-0.1, -0.05) is 6.07 Å². The molecule has 0 bridgehead atoms. The van der Waals surface area contributed by atoms with E-state index >= 15 is 0 Å². The van der Waals surface area contributed by atoms with Gasteiger partial charge in [-0.15, -0.1) is 0 Å². The van der Waals surface area contributed by atoms with Crippen LogP contribution in [0.5, 0.6) is 0 Å². The molecular formula is C13H16BrN3O. The molecule has 2 rings (SSSR count). The Kier molecular flexibility index (Phi) is 4.92. The predicted molar refractivity (Wildman–Crippen MR) is 74.8 cm³/mol. The van der Waals surface area contributed by atoms with Crippen LogP contribution in [0.2, 0.25) is 0 Å². The molecule has 1 aromatic carbocycles. The Morgan fingerprint density at radius 2 is 2.33 bits per heavy atom. The number of ether oxygens (including phenoxy) is 1. The van der Waals surface area contributed by atoms with Crippen molar-refractivity contribution in [2.24, 2.45) is 0 Å². The molecule has 18 heavy (non-hydrogen) atoms. The molecule has 0 radical (unpaired) electrons. The summed E-state index contributed by atoms with van der Waals surface area (Å²) in [5.41, 5.74) is 2.27. The first-order valence-electron chi connectivity index (χ1n) is 5.79. The second kappa shape index (κ2) is 6.68. The van der Waals surface area contributed by atoms with Crippen molar-refractivity contribution in [2.75, 3.05) is 20.3 Å². The summed E-state index contributed by atoms with van der Waals surface area (Å²) in [5.74, 6) is 0. The molecule has 2 aromatic rings. The smallest absolute Gasteiger partial charge is 0.0787 e.